The Bertz CT molecular complexity index is 437. The van der Waals surface area contributed by atoms with Crippen molar-refractivity contribution in [2.75, 3.05) is 31.4 Å². The van der Waals surface area contributed by atoms with E-state index in [4.69, 9.17) is 10.5 Å². The average molecular weight is 282 g/mol. The highest BCUT2D eigenvalue weighted by Gasteiger charge is 2.18. The van der Waals surface area contributed by atoms with E-state index in [-0.39, 0.29) is 11.9 Å². The van der Waals surface area contributed by atoms with E-state index < -0.39 is 0 Å². The molecule has 1 amide bonds. The van der Waals surface area contributed by atoms with Crippen molar-refractivity contribution in [1.29, 1.82) is 0 Å². The molecular weight excluding hydrogens is 260 g/mol. The molecule has 1 unspecified atom stereocenters. The first-order valence-corrected chi connectivity index (χ1v) is 7.68. The summed E-state index contributed by atoms with van der Waals surface area (Å²) >= 11 is 1.72. The van der Waals surface area contributed by atoms with E-state index in [1.54, 1.807) is 34.9 Å². The Hall–Kier alpha value is -1.36. The predicted octanol–water partition coefficient (Wildman–Crippen LogP) is 2.49. The minimum atomic E-state index is -0.0326. The van der Waals surface area contributed by atoms with Crippen molar-refractivity contribution >= 4 is 23.4 Å². The third-order valence-corrected chi connectivity index (χ3v) is 3.69. The highest BCUT2D eigenvalue weighted by Crippen LogP contribution is 2.20. The van der Waals surface area contributed by atoms with Crippen LogP contribution in [0.25, 0.3) is 0 Å². The molecule has 0 bridgehead atoms. The Balaban J connectivity index is 2.92. The predicted molar refractivity (Wildman–Crippen MR) is 82.0 cm³/mol. The molecule has 0 aromatic heterocycles. The maximum atomic E-state index is 12.4. The SMILES string of the molecule is CCOc1cc(N)cc(C(=O)N(C)C(C)CSC)c1. The number of hydrogen-bond donors (Lipinski definition) is 1. The fraction of sp³-hybridized carbons (Fsp3) is 0.500. The Kier molecular flexibility index (Phi) is 6.02. The maximum absolute atomic E-state index is 12.4. The number of nitrogen functional groups attached to an aromatic ring is 1. The molecule has 1 aromatic rings. The largest absolute Gasteiger partial charge is 0.494 e. The molecule has 4 nitrogen and oxygen atoms in total. The molecule has 0 radical (unpaired) electrons. The number of thioether (sulfide) groups is 1. The molecule has 1 aromatic carbocycles. The minimum Gasteiger partial charge on any atom is -0.494 e. The van der Waals surface area contributed by atoms with Crippen molar-refractivity contribution in [3.05, 3.63) is 23.8 Å². The molecule has 0 aliphatic carbocycles. The van der Waals surface area contributed by atoms with Gasteiger partial charge in [0.2, 0.25) is 0 Å². The second kappa shape index (κ2) is 7.28. The van der Waals surface area contributed by atoms with E-state index in [1.807, 2.05) is 27.2 Å². The van der Waals surface area contributed by atoms with Crippen LogP contribution in [-0.4, -0.2) is 42.5 Å². The van der Waals surface area contributed by atoms with Crippen molar-refractivity contribution in [1.82, 2.24) is 4.90 Å². The number of nitrogens with zero attached hydrogens (tertiary/aromatic N) is 1. The van der Waals surface area contributed by atoms with E-state index in [2.05, 4.69) is 0 Å². The summed E-state index contributed by atoms with van der Waals surface area (Å²) in [5.41, 5.74) is 6.92. The van der Waals surface area contributed by atoms with E-state index in [0.717, 1.165) is 5.75 Å². The molecule has 0 saturated carbocycles. The van der Waals surface area contributed by atoms with Gasteiger partial charge in [0.15, 0.2) is 0 Å². The molecule has 2 N–H and O–H groups in total. The van der Waals surface area contributed by atoms with Crippen molar-refractivity contribution in [3.63, 3.8) is 0 Å². The Morgan fingerprint density at radius 1 is 1.47 bits per heavy atom. The van der Waals surface area contributed by atoms with Crippen LogP contribution in [-0.2, 0) is 0 Å². The van der Waals surface area contributed by atoms with Crippen LogP contribution in [0.2, 0.25) is 0 Å². The Morgan fingerprint density at radius 3 is 2.74 bits per heavy atom. The molecule has 0 aliphatic rings. The lowest BCUT2D eigenvalue weighted by Gasteiger charge is -2.24. The van der Waals surface area contributed by atoms with Gasteiger partial charge >= 0.3 is 0 Å². The summed E-state index contributed by atoms with van der Waals surface area (Å²) in [5, 5.41) is 0. The second-order valence-electron chi connectivity index (χ2n) is 4.44. The second-order valence-corrected chi connectivity index (χ2v) is 5.35. The van der Waals surface area contributed by atoms with Crippen molar-refractivity contribution in [2.24, 2.45) is 0 Å². The number of nitrogens with two attached hydrogens (primary N) is 1. The average Bonchev–Trinajstić information content (AvgIpc) is 2.37. The van der Waals surface area contributed by atoms with Gasteiger partial charge in [0, 0.05) is 36.2 Å². The standard InChI is InChI=1S/C14H22N2O2S/c1-5-18-13-7-11(6-12(15)8-13)14(17)16(3)10(2)9-19-4/h6-8,10H,5,9,15H2,1-4H3. The number of ether oxygens (including phenoxy) is 1. The molecule has 1 atom stereocenters. The quantitative estimate of drug-likeness (QED) is 0.814. The zero-order chi connectivity index (χ0) is 14.4. The molecule has 0 heterocycles. The lowest BCUT2D eigenvalue weighted by molar-refractivity contribution is 0.0757. The van der Waals surface area contributed by atoms with Gasteiger partial charge in [-0.3, -0.25) is 4.79 Å². The van der Waals surface area contributed by atoms with Gasteiger partial charge in [0.25, 0.3) is 5.91 Å². The highest BCUT2D eigenvalue weighted by atomic mass is 32.2. The van der Waals surface area contributed by atoms with Crippen LogP contribution < -0.4 is 10.5 Å². The molecular formula is C14H22N2O2S. The smallest absolute Gasteiger partial charge is 0.254 e. The number of amides is 1. The first-order valence-electron chi connectivity index (χ1n) is 6.29. The van der Waals surface area contributed by atoms with E-state index in [1.165, 1.54) is 0 Å². The molecule has 0 saturated heterocycles. The van der Waals surface area contributed by atoms with Crippen LogP contribution in [0.4, 0.5) is 5.69 Å². The fourth-order valence-electron chi connectivity index (χ4n) is 1.75. The number of carbonyl (C=O) groups is 1. The minimum absolute atomic E-state index is 0.0326. The van der Waals surface area contributed by atoms with Gasteiger partial charge in [0.1, 0.15) is 5.75 Å². The Morgan fingerprint density at radius 2 is 2.16 bits per heavy atom. The summed E-state index contributed by atoms with van der Waals surface area (Å²) in [7, 11) is 1.81. The number of benzene rings is 1. The third kappa shape index (κ3) is 4.35. The summed E-state index contributed by atoms with van der Waals surface area (Å²) < 4.78 is 5.41. The molecule has 0 spiro atoms. The number of anilines is 1. The van der Waals surface area contributed by atoms with Crippen LogP contribution in [0, 0.1) is 0 Å². The summed E-state index contributed by atoms with van der Waals surface area (Å²) in [5.74, 6) is 1.51. The van der Waals surface area contributed by atoms with Gasteiger partial charge in [-0.2, -0.15) is 11.8 Å². The van der Waals surface area contributed by atoms with Gasteiger partial charge in [0.05, 0.1) is 6.61 Å². The first kappa shape index (κ1) is 15.7. The number of hydrogen-bond acceptors (Lipinski definition) is 4. The lowest BCUT2D eigenvalue weighted by Crippen LogP contribution is -2.36. The normalized spacial score (nSPS) is 12.0. The molecule has 19 heavy (non-hydrogen) atoms. The van der Waals surface area contributed by atoms with Gasteiger partial charge in [-0.25, -0.2) is 0 Å². The fourth-order valence-corrected chi connectivity index (χ4v) is 2.46. The molecule has 1 rings (SSSR count). The van der Waals surface area contributed by atoms with Crippen molar-refractivity contribution in [2.45, 2.75) is 19.9 Å². The zero-order valence-corrected chi connectivity index (χ0v) is 12.8. The maximum Gasteiger partial charge on any atom is 0.254 e. The topological polar surface area (TPSA) is 55.6 Å². The van der Waals surface area contributed by atoms with Crippen LogP contribution >= 0.6 is 11.8 Å². The summed E-state index contributed by atoms with van der Waals surface area (Å²) in [4.78, 5) is 14.1. The first-order chi connectivity index (χ1) is 8.99. The van der Waals surface area contributed by atoms with E-state index in [0.29, 0.717) is 23.6 Å². The van der Waals surface area contributed by atoms with Gasteiger partial charge in [-0.1, -0.05) is 0 Å². The van der Waals surface area contributed by atoms with E-state index >= 15 is 0 Å². The van der Waals surface area contributed by atoms with Crippen molar-refractivity contribution < 1.29 is 9.53 Å². The molecule has 0 fully saturated rings. The van der Waals surface area contributed by atoms with Crippen LogP contribution in [0.15, 0.2) is 18.2 Å². The summed E-state index contributed by atoms with van der Waals surface area (Å²) in [6.45, 7) is 4.48. The van der Waals surface area contributed by atoms with Gasteiger partial charge < -0.3 is 15.4 Å². The summed E-state index contributed by atoms with van der Waals surface area (Å²) in [6, 6.07) is 5.34. The molecule has 106 valence electrons. The van der Waals surface area contributed by atoms with E-state index in [9.17, 15) is 4.79 Å². The number of rotatable bonds is 6. The Labute approximate surface area is 119 Å². The third-order valence-electron chi connectivity index (χ3n) is 2.88. The van der Waals surface area contributed by atoms with Crippen molar-refractivity contribution in [3.8, 4) is 5.75 Å². The highest BCUT2D eigenvalue weighted by molar-refractivity contribution is 7.98. The lowest BCUT2D eigenvalue weighted by atomic mass is 10.1. The summed E-state index contributed by atoms with van der Waals surface area (Å²) in [6.07, 6.45) is 2.03. The number of carbonyl (C=O) groups excluding carboxylic acids is 1. The van der Waals surface area contributed by atoms with Crippen LogP contribution in [0.5, 0.6) is 5.75 Å². The van der Waals surface area contributed by atoms with Gasteiger partial charge in [-0.15, -0.1) is 0 Å². The van der Waals surface area contributed by atoms with Crippen LogP contribution in [0.1, 0.15) is 24.2 Å². The molecule has 0 aliphatic heterocycles. The monoisotopic (exact) mass is 282 g/mol. The molecule has 5 heteroatoms. The zero-order valence-electron chi connectivity index (χ0n) is 12.0. The van der Waals surface area contributed by atoms with Crippen LogP contribution in [0.3, 0.4) is 0 Å². The van der Waals surface area contributed by atoms with Gasteiger partial charge in [-0.05, 0) is 32.2 Å².